The second kappa shape index (κ2) is 10.3. The lowest BCUT2D eigenvalue weighted by molar-refractivity contribution is 0.0579. The van der Waals surface area contributed by atoms with E-state index in [1.165, 1.54) is 0 Å². The summed E-state index contributed by atoms with van der Waals surface area (Å²) in [6.07, 6.45) is 2.06. The van der Waals surface area contributed by atoms with E-state index in [1.54, 1.807) is 52.3 Å². The summed E-state index contributed by atoms with van der Waals surface area (Å²) in [6.45, 7) is 3.10. The molecule has 0 aromatic heterocycles. The molecule has 0 aliphatic carbocycles. The molecule has 2 aromatic carbocycles. The zero-order chi connectivity index (χ0) is 22.5. The first-order valence-electron chi connectivity index (χ1n) is 9.90. The summed E-state index contributed by atoms with van der Waals surface area (Å²) in [6, 6.07) is 11.1. The van der Waals surface area contributed by atoms with Gasteiger partial charge in [-0.3, -0.25) is 9.80 Å². The number of carbonyl (C=O) groups excluding carboxylic acids is 2. The van der Waals surface area contributed by atoms with Gasteiger partial charge in [-0.15, -0.1) is 0 Å². The van der Waals surface area contributed by atoms with Gasteiger partial charge in [-0.05, 0) is 36.8 Å². The van der Waals surface area contributed by atoms with Gasteiger partial charge in [0.15, 0.2) is 6.23 Å². The van der Waals surface area contributed by atoms with Gasteiger partial charge in [0, 0.05) is 31.3 Å². The number of primary amides is 1. The van der Waals surface area contributed by atoms with Crippen LogP contribution in [-0.4, -0.2) is 36.3 Å². The van der Waals surface area contributed by atoms with Crippen molar-refractivity contribution < 1.29 is 14.3 Å². The molecule has 0 saturated carbocycles. The highest BCUT2D eigenvalue weighted by atomic mass is 35.5. The molecule has 1 heterocycles. The summed E-state index contributed by atoms with van der Waals surface area (Å²) in [5.74, 6) is 0.514. The van der Waals surface area contributed by atoms with E-state index in [-0.39, 0.29) is 6.03 Å². The number of ether oxygens (including phenoxy) is 1. The summed E-state index contributed by atoms with van der Waals surface area (Å²) >= 11 is 16.2. The lowest BCUT2D eigenvalue weighted by Gasteiger charge is -2.29. The zero-order valence-electron chi connectivity index (χ0n) is 17.0. The van der Waals surface area contributed by atoms with Crippen LogP contribution in [0, 0.1) is 0 Å². The van der Waals surface area contributed by atoms with Crippen LogP contribution in [0.5, 0.6) is 5.75 Å². The van der Waals surface area contributed by atoms with Crippen LogP contribution in [0.15, 0.2) is 42.5 Å². The third-order valence-corrected chi connectivity index (χ3v) is 6.12. The standard InChI is InChI=1S/C21H24Cl2N4O3S/c1-2-3-7-19(30-16-6-4-5-15(12-16)27(31)20(24)28)26-11-10-25(21(26)29)14-8-9-17(22)18(23)13-14/h4-6,8-9,12-13,19,31H,2-3,7,10-11H2,1H3,(H2,24,28). The van der Waals surface area contributed by atoms with Crippen LogP contribution < -0.4 is 19.7 Å². The third-order valence-electron chi connectivity index (χ3n) is 4.95. The monoisotopic (exact) mass is 482 g/mol. The van der Waals surface area contributed by atoms with Crippen LogP contribution in [0.1, 0.15) is 26.2 Å². The molecule has 166 valence electrons. The largest absolute Gasteiger partial charge is 0.470 e. The normalized spacial score (nSPS) is 14.6. The summed E-state index contributed by atoms with van der Waals surface area (Å²) in [5.41, 5.74) is 6.45. The van der Waals surface area contributed by atoms with Crippen LogP contribution in [0.3, 0.4) is 0 Å². The van der Waals surface area contributed by atoms with Crippen molar-refractivity contribution in [1.29, 1.82) is 0 Å². The molecule has 10 heteroatoms. The quantitative estimate of drug-likeness (QED) is 0.483. The number of unbranched alkanes of at least 4 members (excludes halogenated alkanes) is 1. The Hall–Kier alpha value is -2.29. The van der Waals surface area contributed by atoms with Crippen molar-refractivity contribution in [3.05, 3.63) is 52.5 Å². The van der Waals surface area contributed by atoms with Gasteiger partial charge in [0.1, 0.15) is 5.75 Å². The zero-order valence-corrected chi connectivity index (χ0v) is 19.4. The minimum absolute atomic E-state index is 0.163. The van der Waals surface area contributed by atoms with Crippen LogP contribution in [-0.2, 0) is 0 Å². The van der Waals surface area contributed by atoms with Crippen LogP contribution in [0.4, 0.5) is 21.0 Å². The van der Waals surface area contributed by atoms with Crippen molar-refractivity contribution in [2.75, 3.05) is 22.3 Å². The highest BCUT2D eigenvalue weighted by Crippen LogP contribution is 2.31. The van der Waals surface area contributed by atoms with E-state index in [0.29, 0.717) is 46.7 Å². The Labute approximate surface area is 197 Å². The van der Waals surface area contributed by atoms with E-state index in [2.05, 4.69) is 19.7 Å². The van der Waals surface area contributed by atoms with Gasteiger partial charge >= 0.3 is 12.1 Å². The fourth-order valence-corrected chi connectivity index (χ4v) is 3.76. The second-order valence-electron chi connectivity index (χ2n) is 7.09. The average molecular weight is 483 g/mol. The first-order valence-corrected chi connectivity index (χ1v) is 11.1. The van der Waals surface area contributed by atoms with E-state index >= 15 is 0 Å². The Balaban J connectivity index is 1.79. The maximum atomic E-state index is 13.2. The highest BCUT2D eigenvalue weighted by Gasteiger charge is 2.35. The average Bonchev–Trinajstić information content (AvgIpc) is 3.13. The highest BCUT2D eigenvalue weighted by molar-refractivity contribution is 7.82. The third kappa shape index (κ3) is 5.50. The summed E-state index contributed by atoms with van der Waals surface area (Å²) < 4.78 is 7.22. The number of nitrogens with zero attached hydrogens (tertiary/aromatic N) is 3. The van der Waals surface area contributed by atoms with Crippen molar-refractivity contribution in [3.63, 3.8) is 0 Å². The minimum atomic E-state index is -0.699. The molecule has 1 atom stereocenters. The fourth-order valence-electron chi connectivity index (χ4n) is 3.34. The summed E-state index contributed by atoms with van der Waals surface area (Å²) in [5, 5.41) is 0.832. The molecule has 2 aromatic rings. The number of carbonyl (C=O) groups is 2. The number of halogens is 2. The molecular weight excluding hydrogens is 459 g/mol. The molecule has 3 rings (SSSR count). The van der Waals surface area contributed by atoms with Crippen LogP contribution in [0.25, 0.3) is 0 Å². The van der Waals surface area contributed by atoms with Gasteiger partial charge in [-0.25, -0.2) is 13.9 Å². The second-order valence-corrected chi connectivity index (χ2v) is 8.30. The lowest BCUT2D eigenvalue weighted by Crippen LogP contribution is -2.42. The molecule has 2 N–H and O–H groups in total. The predicted molar refractivity (Wildman–Crippen MR) is 127 cm³/mol. The maximum absolute atomic E-state index is 13.2. The number of anilines is 2. The summed E-state index contributed by atoms with van der Waals surface area (Å²) in [4.78, 5) is 27.9. The van der Waals surface area contributed by atoms with Crippen LogP contribution >= 0.6 is 36.0 Å². The Morgan fingerprint density at radius 1 is 1.23 bits per heavy atom. The van der Waals surface area contributed by atoms with Crippen molar-refractivity contribution in [2.45, 2.75) is 32.4 Å². The molecule has 1 unspecified atom stereocenters. The van der Waals surface area contributed by atoms with E-state index in [1.807, 2.05) is 0 Å². The molecule has 4 amide bonds. The van der Waals surface area contributed by atoms with Crippen molar-refractivity contribution >= 4 is 59.5 Å². The summed E-state index contributed by atoms with van der Waals surface area (Å²) in [7, 11) is 0. The molecule has 1 saturated heterocycles. The van der Waals surface area contributed by atoms with Gasteiger partial charge in [-0.1, -0.05) is 55.4 Å². The number of amides is 4. The number of nitrogens with two attached hydrogens (primary N) is 1. The number of thiol groups is 1. The lowest BCUT2D eigenvalue weighted by atomic mass is 10.2. The Bertz CT molecular complexity index is 962. The molecule has 7 nitrogen and oxygen atoms in total. The van der Waals surface area contributed by atoms with E-state index in [0.717, 1.165) is 17.1 Å². The number of urea groups is 2. The fraction of sp³-hybridized carbons (Fsp3) is 0.333. The predicted octanol–water partition coefficient (Wildman–Crippen LogP) is 5.56. The topological polar surface area (TPSA) is 79.1 Å². The maximum Gasteiger partial charge on any atom is 0.329 e. The Morgan fingerprint density at radius 3 is 2.68 bits per heavy atom. The molecule has 1 aliphatic heterocycles. The molecule has 0 spiro atoms. The first-order chi connectivity index (χ1) is 14.8. The SMILES string of the molecule is CCCCC(Oc1cccc(N(S)C(N)=O)c1)N1CCN(c2ccc(Cl)c(Cl)c2)C1=O. The molecular formula is C21H24Cl2N4O3S. The number of benzene rings is 2. The number of hydrogen-bond donors (Lipinski definition) is 2. The molecule has 1 aliphatic rings. The molecule has 31 heavy (non-hydrogen) atoms. The van der Waals surface area contributed by atoms with Gasteiger partial charge in [0.2, 0.25) is 0 Å². The number of rotatable bonds is 8. The van der Waals surface area contributed by atoms with Gasteiger partial charge in [0.05, 0.1) is 15.7 Å². The van der Waals surface area contributed by atoms with Gasteiger partial charge in [0.25, 0.3) is 0 Å². The number of hydrogen-bond acceptors (Lipinski definition) is 4. The van der Waals surface area contributed by atoms with E-state index < -0.39 is 12.3 Å². The minimum Gasteiger partial charge on any atom is -0.470 e. The van der Waals surface area contributed by atoms with Crippen LogP contribution in [0.2, 0.25) is 10.0 Å². The smallest absolute Gasteiger partial charge is 0.329 e. The first kappa shape index (κ1) is 23.4. The Kier molecular flexibility index (Phi) is 7.80. The van der Waals surface area contributed by atoms with Crippen molar-refractivity contribution in [3.8, 4) is 5.75 Å². The molecule has 0 radical (unpaired) electrons. The Morgan fingerprint density at radius 2 is 2.00 bits per heavy atom. The van der Waals surface area contributed by atoms with Gasteiger partial charge < -0.3 is 10.5 Å². The molecule has 1 fully saturated rings. The molecule has 0 bridgehead atoms. The van der Waals surface area contributed by atoms with Crippen molar-refractivity contribution in [1.82, 2.24) is 4.90 Å². The van der Waals surface area contributed by atoms with E-state index in [9.17, 15) is 9.59 Å². The van der Waals surface area contributed by atoms with Crippen molar-refractivity contribution in [2.24, 2.45) is 5.73 Å². The van der Waals surface area contributed by atoms with Gasteiger partial charge in [-0.2, -0.15) is 0 Å². The van der Waals surface area contributed by atoms with E-state index in [4.69, 9.17) is 33.7 Å².